The van der Waals surface area contributed by atoms with Crippen molar-refractivity contribution >= 4 is 11.3 Å². The Morgan fingerprint density at radius 1 is 1.47 bits per heavy atom. The summed E-state index contributed by atoms with van der Waals surface area (Å²) in [5.74, 6) is 0.544. The Bertz CT molecular complexity index is 312. The first-order chi connectivity index (χ1) is 6.86. The first-order valence-corrected chi connectivity index (χ1v) is 6.45. The van der Waals surface area contributed by atoms with Crippen LogP contribution in [0, 0.1) is 5.41 Å². The number of hydrogen-bond acceptors (Lipinski definition) is 3. The second-order valence-electron chi connectivity index (χ2n) is 5.26. The summed E-state index contributed by atoms with van der Waals surface area (Å²) in [6, 6.07) is 0.0420. The molecule has 0 aliphatic carbocycles. The molecule has 0 saturated carbocycles. The van der Waals surface area contributed by atoms with Crippen molar-refractivity contribution in [1.82, 2.24) is 4.98 Å². The van der Waals surface area contributed by atoms with E-state index in [0.29, 0.717) is 5.92 Å². The summed E-state index contributed by atoms with van der Waals surface area (Å²) in [7, 11) is 0. The summed E-state index contributed by atoms with van der Waals surface area (Å²) < 4.78 is 0. The van der Waals surface area contributed by atoms with Gasteiger partial charge in [-0.05, 0) is 17.8 Å². The zero-order chi connectivity index (χ0) is 11.6. The lowest BCUT2D eigenvalue weighted by atomic mass is 9.88. The van der Waals surface area contributed by atoms with Crippen LogP contribution in [0.2, 0.25) is 0 Å². The molecule has 3 heteroatoms. The number of rotatable bonds is 3. The molecule has 2 N–H and O–H groups in total. The van der Waals surface area contributed by atoms with Gasteiger partial charge in [0.1, 0.15) is 5.01 Å². The van der Waals surface area contributed by atoms with E-state index in [4.69, 9.17) is 5.73 Å². The Morgan fingerprint density at radius 3 is 2.53 bits per heavy atom. The van der Waals surface area contributed by atoms with Crippen molar-refractivity contribution in [2.45, 2.75) is 53.0 Å². The van der Waals surface area contributed by atoms with Gasteiger partial charge in [0.15, 0.2) is 0 Å². The van der Waals surface area contributed by atoms with Crippen molar-refractivity contribution in [3.8, 4) is 0 Å². The molecule has 0 saturated heterocycles. The van der Waals surface area contributed by atoms with Crippen LogP contribution in [0.4, 0.5) is 0 Å². The molecular formula is C12H22N2S. The van der Waals surface area contributed by atoms with E-state index in [9.17, 15) is 0 Å². The summed E-state index contributed by atoms with van der Waals surface area (Å²) >= 11 is 1.69. The van der Waals surface area contributed by atoms with Gasteiger partial charge in [0.05, 0.1) is 11.7 Å². The molecule has 1 aromatic rings. The van der Waals surface area contributed by atoms with Crippen LogP contribution in [-0.2, 0) is 0 Å². The minimum absolute atomic E-state index is 0.0420. The van der Waals surface area contributed by atoms with Gasteiger partial charge in [-0.15, -0.1) is 11.3 Å². The maximum atomic E-state index is 6.17. The van der Waals surface area contributed by atoms with Gasteiger partial charge in [0.25, 0.3) is 0 Å². The van der Waals surface area contributed by atoms with Crippen LogP contribution in [0.25, 0.3) is 0 Å². The Kier molecular flexibility index (Phi) is 3.90. The highest BCUT2D eigenvalue weighted by atomic mass is 32.1. The van der Waals surface area contributed by atoms with Gasteiger partial charge < -0.3 is 5.73 Å². The van der Waals surface area contributed by atoms with Crippen LogP contribution < -0.4 is 5.73 Å². The van der Waals surface area contributed by atoms with E-state index in [2.05, 4.69) is 45.0 Å². The van der Waals surface area contributed by atoms with Gasteiger partial charge in [-0.3, -0.25) is 0 Å². The Morgan fingerprint density at radius 2 is 2.07 bits per heavy atom. The zero-order valence-corrected chi connectivity index (χ0v) is 11.2. The molecule has 1 rings (SSSR count). The van der Waals surface area contributed by atoms with Crippen molar-refractivity contribution < 1.29 is 0 Å². The Balaban J connectivity index is 2.85. The molecule has 0 aliphatic heterocycles. The van der Waals surface area contributed by atoms with Crippen LogP contribution in [0.1, 0.15) is 63.7 Å². The minimum atomic E-state index is 0.0420. The first kappa shape index (κ1) is 12.7. The first-order valence-electron chi connectivity index (χ1n) is 5.57. The van der Waals surface area contributed by atoms with Crippen molar-refractivity contribution in [3.63, 3.8) is 0 Å². The number of nitrogens with zero attached hydrogens (tertiary/aromatic N) is 1. The maximum Gasteiger partial charge on any atom is 0.110 e. The highest BCUT2D eigenvalue weighted by Gasteiger charge is 2.25. The van der Waals surface area contributed by atoms with Gasteiger partial charge in [-0.2, -0.15) is 0 Å². The standard InChI is InChI=1S/C12H22N2S/c1-6-8(2)9-7-15-11(14-9)10(13)12(3,4)5/h7-8,10H,6,13H2,1-5H3. The third kappa shape index (κ3) is 3.02. The molecular weight excluding hydrogens is 204 g/mol. The SMILES string of the molecule is CCC(C)c1csc(C(N)C(C)(C)C)n1. The molecule has 15 heavy (non-hydrogen) atoms. The molecule has 0 bridgehead atoms. The predicted octanol–water partition coefficient (Wildman–Crippen LogP) is 3.70. The van der Waals surface area contributed by atoms with Crippen molar-refractivity contribution in [2.75, 3.05) is 0 Å². The number of nitrogens with two attached hydrogens (primary N) is 1. The lowest BCUT2D eigenvalue weighted by Crippen LogP contribution is -2.26. The number of hydrogen-bond donors (Lipinski definition) is 1. The number of aromatic nitrogens is 1. The second-order valence-corrected chi connectivity index (χ2v) is 6.15. The average molecular weight is 226 g/mol. The Hall–Kier alpha value is -0.410. The molecule has 0 fully saturated rings. The molecule has 2 nitrogen and oxygen atoms in total. The molecule has 0 spiro atoms. The Labute approximate surface area is 96.9 Å². The van der Waals surface area contributed by atoms with E-state index in [1.54, 1.807) is 11.3 Å². The minimum Gasteiger partial charge on any atom is -0.322 e. The summed E-state index contributed by atoms with van der Waals surface area (Å²) in [6.07, 6.45) is 1.13. The molecule has 2 atom stereocenters. The largest absolute Gasteiger partial charge is 0.322 e. The fourth-order valence-corrected chi connectivity index (χ4v) is 2.43. The second kappa shape index (κ2) is 4.62. The van der Waals surface area contributed by atoms with E-state index in [1.165, 1.54) is 5.69 Å². The quantitative estimate of drug-likeness (QED) is 0.853. The molecule has 1 heterocycles. The van der Waals surface area contributed by atoms with Gasteiger partial charge >= 0.3 is 0 Å². The van der Waals surface area contributed by atoms with Gasteiger partial charge in [0, 0.05) is 5.38 Å². The van der Waals surface area contributed by atoms with Crippen LogP contribution in [0.5, 0.6) is 0 Å². The normalized spacial score (nSPS) is 16.4. The van der Waals surface area contributed by atoms with E-state index in [1.807, 2.05) is 0 Å². The van der Waals surface area contributed by atoms with Crippen LogP contribution in [0.15, 0.2) is 5.38 Å². The summed E-state index contributed by atoms with van der Waals surface area (Å²) in [6.45, 7) is 10.9. The predicted molar refractivity (Wildman–Crippen MR) is 67.2 cm³/mol. The average Bonchev–Trinajstić information content (AvgIpc) is 2.62. The van der Waals surface area contributed by atoms with E-state index in [-0.39, 0.29) is 11.5 Å². The van der Waals surface area contributed by atoms with Crippen LogP contribution in [-0.4, -0.2) is 4.98 Å². The highest BCUT2D eigenvalue weighted by molar-refractivity contribution is 7.09. The lowest BCUT2D eigenvalue weighted by Gasteiger charge is -2.24. The highest BCUT2D eigenvalue weighted by Crippen LogP contribution is 2.33. The maximum absolute atomic E-state index is 6.17. The molecule has 0 radical (unpaired) electrons. The van der Waals surface area contributed by atoms with Gasteiger partial charge in [0.2, 0.25) is 0 Å². The summed E-state index contributed by atoms with van der Waals surface area (Å²) in [5, 5.41) is 3.22. The van der Waals surface area contributed by atoms with E-state index < -0.39 is 0 Å². The van der Waals surface area contributed by atoms with E-state index in [0.717, 1.165) is 11.4 Å². The van der Waals surface area contributed by atoms with Crippen LogP contribution in [0.3, 0.4) is 0 Å². The third-order valence-corrected chi connectivity index (χ3v) is 3.80. The fraction of sp³-hybridized carbons (Fsp3) is 0.750. The fourth-order valence-electron chi connectivity index (χ4n) is 1.25. The lowest BCUT2D eigenvalue weighted by molar-refractivity contribution is 0.325. The smallest absolute Gasteiger partial charge is 0.110 e. The molecule has 0 aromatic carbocycles. The summed E-state index contributed by atoms with van der Waals surface area (Å²) in [4.78, 5) is 4.64. The topological polar surface area (TPSA) is 38.9 Å². The van der Waals surface area contributed by atoms with Crippen molar-refractivity contribution in [3.05, 3.63) is 16.1 Å². The number of thiazole rings is 1. The summed E-state index contributed by atoms with van der Waals surface area (Å²) in [5.41, 5.74) is 7.45. The zero-order valence-electron chi connectivity index (χ0n) is 10.4. The van der Waals surface area contributed by atoms with E-state index >= 15 is 0 Å². The van der Waals surface area contributed by atoms with Gasteiger partial charge in [-0.1, -0.05) is 34.6 Å². The monoisotopic (exact) mass is 226 g/mol. The molecule has 0 aliphatic rings. The molecule has 86 valence electrons. The van der Waals surface area contributed by atoms with Crippen LogP contribution >= 0.6 is 11.3 Å². The van der Waals surface area contributed by atoms with Crippen molar-refractivity contribution in [2.24, 2.45) is 11.1 Å². The van der Waals surface area contributed by atoms with Gasteiger partial charge in [-0.25, -0.2) is 4.98 Å². The molecule has 1 aromatic heterocycles. The third-order valence-electron chi connectivity index (χ3n) is 2.86. The van der Waals surface area contributed by atoms with Crippen molar-refractivity contribution in [1.29, 1.82) is 0 Å². The molecule has 2 unspecified atom stereocenters. The molecule has 0 amide bonds.